The number of benzene rings is 12. The van der Waals surface area contributed by atoms with Gasteiger partial charge in [-0.25, -0.2) is 33.3 Å². The number of carboxylic acid groups (broad SMARTS) is 2. The molecule has 0 aliphatic heterocycles. The molecule has 0 aliphatic carbocycles. The van der Waals surface area contributed by atoms with Gasteiger partial charge in [0, 0.05) is 68.1 Å². The smallest absolute Gasteiger partial charge is 0.373 e. The number of ether oxygens (including phenoxy) is 4. The number of aryl methyl sites for hydroxylation is 7. The van der Waals surface area contributed by atoms with Crippen molar-refractivity contribution < 1.29 is 76.4 Å². The molecule has 2 amide bonds. The van der Waals surface area contributed by atoms with Crippen molar-refractivity contribution in [2.24, 2.45) is 7.05 Å². The van der Waals surface area contributed by atoms with Crippen molar-refractivity contribution in [2.45, 2.75) is 61.6 Å². The number of carboxylic acids is 2. The Bertz CT molecular complexity index is 7190. The van der Waals surface area contributed by atoms with Crippen LogP contribution in [0.2, 0.25) is 0 Å². The SMILES string of the molecule is CNC(=O)c1cc(C)c(CNc2ccc(Oc3ccc(C)cc3)cc2)c(C(=O)O)c1.CNC(=O)c1cc(C)c(CNc2ccc(Oc3ccc(C)cc3)cc2)c(C(=O)O)c1.Cc1cc2c(=O)oc(=O)c2c2c(=O)oc(=O)c12.Cc1ccc(Oc2ccc(-n3c(=O)c4c(C)cc5c(=O)n(C)c(=O)c5c4c3=O)cc2)cc1.Nc1ccc(Oc2ccc(N)cc2)cc1.O=C=O.O=C=O. The Morgan fingerprint density at radius 1 is 0.354 bits per heavy atom. The highest BCUT2D eigenvalue weighted by atomic mass is 16.5. The molecule has 0 saturated heterocycles. The first kappa shape index (κ1) is 94.5. The molecule has 658 valence electrons. The maximum Gasteiger partial charge on any atom is 0.373 e. The Morgan fingerprint density at radius 3 is 1.02 bits per heavy atom. The van der Waals surface area contributed by atoms with E-state index in [1.165, 1.54) is 56.5 Å². The van der Waals surface area contributed by atoms with Gasteiger partial charge in [-0.3, -0.25) is 33.3 Å². The minimum Gasteiger partial charge on any atom is -0.478 e. The van der Waals surface area contributed by atoms with Crippen molar-refractivity contribution in [3.63, 3.8) is 0 Å². The van der Waals surface area contributed by atoms with Crippen LogP contribution in [0.4, 0.5) is 22.7 Å². The Kier molecular flexibility index (Phi) is 30.9. The van der Waals surface area contributed by atoms with E-state index in [4.69, 9.17) is 49.6 Å². The Balaban J connectivity index is 0.000000170. The monoisotopic (exact) mass is 1750 g/mol. The second-order valence-corrected chi connectivity index (χ2v) is 29.0. The summed E-state index contributed by atoms with van der Waals surface area (Å²) in [6, 6.07) is 68.2. The molecular weight excluding hydrogens is 1670 g/mol. The van der Waals surface area contributed by atoms with Crippen molar-refractivity contribution in [1.82, 2.24) is 19.8 Å². The summed E-state index contributed by atoms with van der Waals surface area (Å²) in [5, 5.41) is 30.7. The standard InChI is InChI=1S/C25H18N2O5.2C24H24N2O4.C12H12N2O.C11H4O6.2CO2/c1-13-4-8-16(9-5-13)32-17-10-6-15(7-11-17)27-24(30)19-14(2)12-18-20(21(19)25(27)31)23(29)26(3)22(18)28;2*1-15-4-8-19(9-5-15)30-20-10-6-18(7-11-20)26-14-22-16(2)12-17(23(27)25-3)13-21(22)24(28)29;13-9-1-5-11(6-2-9)15-12-7-3-10(14)4-8-12;1-3-2-4-6(10(14)16-8(4)12)7-5(3)9(13)17-11(7)15;2*2-1-3/h4-12H,1-3H3;2*4-13,26H,14H2,1-3H3,(H,25,27)(H,28,29);1-8H,13-14H2;2H,1H3;;. The summed E-state index contributed by atoms with van der Waals surface area (Å²) in [5.41, 5.74) is 16.9. The van der Waals surface area contributed by atoms with E-state index in [2.05, 4.69) is 30.1 Å². The van der Waals surface area contributed by atoms with Gasteiger partial charge in [-0.05, 0) is 276 Å². The van der Waals surface area contributed by atoms with Gasteiger partial charge in [-0.15, -0.1) is 0 Å². The number of rotatable bonds is 19. The number of anilines is 4. The van der Waals surface area contributed by atoms with Gasteiger partial charge in [0.25, 0.3) is 34.1 Å². The van der Waals surface area contributed by atoms with Gasteiger partial charge >= 0.3 is 46.7 Å². The molecule has 0 radical (unpaired) electrons. The van der Waals surface area contributed by atoms with E-state index in [0.29, 0.717) is 75.2 Å². The number of hydrogen-bond donors (Lipinski definition) is 8. The van der Waals surface area contributed by atoms with E-state index in [0.717, 1.165) is 71.6 Å². The number of furan rings is 2. The van der Waals surface area contributed by atoms with Gasteiger partial charge in [0.2, 0.25) is 0 Å². The molecule has 0 unspecified atom stereocenters. The summed E-state index contributed by atoms with van der Waals surface area (Å²) in [7, 11) is 4.39. The number of aromatic carboxylic acids is 2. The third kappa shape index (κ3) is 22.8. The normalized spacial score (nSPS) is 10.4. The third-order valence-electron chi connectivity index (χ3n) is 20.0. The minimum atomic E-state index is -1.07. The van der Waals surface area contributed by atoms with Crippen molar-refractivity contribution in [3.8, 4) is 51.7 Å². The first-order valence-electron chi connectivity index (χ1n) is 39.3. The molecule has 4 heterocycles. The van der Waals surface area contributed by atoms with Crippen LogP contribution >= 0.6 is 0 Å². The van der Waals surface area contributed by atoms with Crippen LogP contribution in [-0.2, 0) is 39.3 Å². The fourth-order valence-corrected chi connectivity index (χ4v) is 13.5. The van der Waals surface area contributed by atoms with Gasteiger partial charge in [-0.2, -0.15) is 19.2 Å². The van der Waals surface area contributed by atoms with E-state index in [-0.39, 0.29) is 78.3 Å². The van der Waals surface area contributed by atoms with Crippen LogP contribution in [0.15, 0.2) is 278 Å². The highest BCUT2D eigenvalue weighted by Gasteiger charge is 2.26. The predicted molar refractivity (Wildman–Crippen MR) is 486 cm³/mol. The fourth-order valence-electron chi connectivity index (χ4n) is 13.5. The molecular formula is C98H82N8O24. The number of fused-ring (bicyclic) bond motifs is 6. The Morgan fingerprint density at radius 2 is 0.662 bits per heavy atom. The van der Waals surface area contributed by atoms with Crippen molar-refractivity contribution in [2.75, 3.05) is 36.2 Å². The second kappa shape index (κ2) is 42.6. The number of carbonyl (C=O) groups excluding carboxylic acids is 6. The molecule has 32 nitrogen and oxygen atoms in total. The van der Waals surface area contributed by atoms with Gasteiger partial charge in [-0.1, -0.05) is 53.1 Å². The zero-order valence-electron chi connectivity index (χ0n) is 71.3. The number of nitrogens with one attached hydrogen (secondary N) is 4. The minimum absolute atomic E-state index is 0.00160. The van der Waals surface area contributed by atoms with Gasteiger partial charge in [0.15, 0.2) is 0 Å². The molecule has 32 heteroatoms. The fraction of sp³-hybridized carbons (Fsp3) is 0.122. The van der Waals surface area contributed by atoms with Crippen LogP contribution in [0.1, 0.15) is 91.5 Å². The van der Waals surface area contributed by atoms with Crippen LogP contribution in [0, 0.1) is 48.5 Å². The summed E-state index contributed by atoms with van der Waals surface area (Å²) in [6.45, 7) is 13.5. The molecule has 0 saturated carbocycles. The van der Waals surface area contributed by atoms with Crippen LogP contribution in [0.5, 0.6) is 46.0 Å². The lowest BCUT2D eigenvalue weighted by molar-refractivity contribution is -0.193. The molecule has 130 heavy (non-hydrogen) atoms. The zero-order chi connectivity index (χ0) is 94.5. The van der Waals surface area contributed by atoms with Gasteiger partial charge in [0.05, 0.1) is 59.9 Å². The summed E-state index contributed by atoms with van der Waals surface area (Å²) in [6.07, 6.45) is 0.500. The topological polar surface area (TPSA) is 487 Å². The Hall–Kier alpha value is -17.8. The number of amides is 2. The van der Waals surface area contributed by atoms with E-state index < -0.39 is 56.7 Å². The van der Waals surface area contributed by atoms with Gasteiger partial charge in [0.1, 0.15) is 46.0 Å². The van der Waals surface area contributed by atoms with Crippen LogP contribution in [-0.4, -0.2) is 69.5 Å². The molecule has 0 fully saturated rings. The molecule has 0 aliphatic rings. The molecule has 12 aromatic carbocycles. The molecule has 4 aromatic heterocycles. The summed E-state index contributed by atoms with van der Waals surface area (Å²) in [4.78, 5) is 177. The third-order valence-corrected chi connectivity index (χ3v) is 20.0. The average Bonchev–Trinajstić information content (AvgIpc) is 1.23. The highest BCUT2D eigenvalue weighted by Crippen LogP contribution is 2.31. The molecule has 16 rings (SSSR count). The molecule has 10 N–H and O–H groups in total. The summed E-state index contributed by atoms with van der Waals surface area (Å²) < 4.78 is 33.8. The van der Waals surface area contributed by atoms with E-state index in [1.54, 1.807) is 88.4 Å². The van der Waals surface area contributed by atoms with Crippen LogP contribution < -0.4 is 96.4 Å². The number of nitrogen functional groups attached to an aromatic ring is 2. The summed E-state index contributed by atoms with van der Waals surface area (Å²) in [5.74, 6) is 2.92. The van der Waals surface area contributed by atoms with Crippen molar-refractivity contribution in [1.29, 1.82) is 0 Å². The maximum absolute atomic E-state index is 13.3. The predicted octanol–water partition coefficient (Wildman–Crippen LogP) is 13.7. The van der Waals surface area contributed by atoms with Crippen LogP contribution in [0.25, 0.3) is 48.8 Å². The quantitative estimate of drug-likeness (QED) is 0.0349. The lowest BCUT2D eigenvalue weighted by Gasteiger charge is -2.14. The average molecular weight is 1760 g/mol. The van der Waals surface area contributed by atoms with Gasteiger partial charge < -0.3 is 70.7 Å². The molecule has 16 aromatic rings. The maximum atomic E-state index is 13.3. The Labute approximate surface area is 736 Å². The second-order valence-electron chi connectivity index (χ2n) is 29.0. The highest BCUT2D eigenvalue weighted by molar-refractivity contribution is 6.09. The van der Waals surface area contributed by atoms with E-state index in [9.17, 15) is 67.7 Å². The molecule has 0 atom stereocenters. The van der Waals surface area contributed by atoms with E-state index in [1.807, 2.05) is 166 Å². The lowest BCUT2D eigenvalue weighted by Crippen LogP contribution is -2.24. The van der Waals surface area contributed by atoms with E-state index >= 15 is 0 Å². The number of aromatic nitrogens is 2. The number of hydrogen-bond acceptors (Lipinski definition) is 26. The number of nitrogens with zero attached hydrogens (tertiary/aromatic N) is 2. The lowest BCUT2D eigenvalue weighted by atomic mass is 9.97. The number of nitrogens with two attached hydrogens (primary N) is 2. The summed E-state index contributed by atoms with van der Waals surface area (Å²) >= 11 is 0. The van der Waals surface area contributed by atoms with Crippen LogP contribution in [0.3, 0.4) is 0 Å². The molecule has 0 bridgehead atoms. The number of carbonyl (C=O) groups is 4. The van der Waals surface area contributed by atoms with Crippen molar-refractivity contribution in [3.05, 3.63) is 386 Å². The first-order chi connectivity index (χ1) is 62.1. The largest absolute Gasteiger partial charge is 0.478 e. The van der Waals surface area contributed by atoms with Crippen molar-refractivity contribution >= 4 is 102 Å². The molecule has 0 spiro atoms. The zero-order valence-corrected chi connectivity index (χ0v) is 71.3. The first-order valence-corrected chi connectivity index (χ1v) is 39.3.